The highest BCUT2D eigenvalue weighted by molar-refractivity contribution is 9.10. The van der Waals surface area contributed by atoms with Crippen LogP contribution >= 0.6 is 15.9 Å². The van der Waals surface area contributed by atoms with E-state index in [9.17, 15) is 14.4 Å². The molecule has 136 valence electrons. The maximum atomic E-state index is 12.7. The summed E-state index contributed by atoms with van der Waals surface area (Å²) >= 11 is 3.38. The summed E-state index contributed by atoms with van der Waals surface area (Å²) in [6, 6.07) is 17.4. The van der Waals surface area contributed by atoms with Crippen LogP contribution in [-0.4, -0.2) is 16.3 Å². The average Bonchev–Trinajstić information content (AvgIpc) is 2.65. The Labute approximate surface area is 164 Å². The number of nitrogens with zero attached hydrogens (tertiary/aromatic N) is 1. The second kappa shape index (κ2) is 8.14. The third kappa shape index (κ3) is 4.60. The standard InChI is InChI=1S/C21H17BrN2O3/c1-14(25)16-6-10-18(11-7-16)23-20(26)19-3-2-12-24(21(19)27)13-15-4-8-17(22)9-5-15/h2-12H,13H2,1H3,(H,23,26). The third-order valence-electron chi connectivity index (χ3n) is 4.08. The number of hydrogen-bond donors (Lipinski definition) is 1. The fraction of sp³-hybridized carbons (Fsp3) is 0.0952. The number of ketones is 1. The number of nitrogens with one attached hydrogen (secondary N) is 1. The number of amides is 1. The van der Waals surface area contributed by atoms with Crippen molar-refractivity contribution in [1.29, 1.82) is 0 Å². The molecular formula is C21H17BrN2O3. The highest BCUT2D eigenvalue weighted by Crippen LogP contribution is 2.12. The van der Waals surface area contributed by atoms with E-state index in [2.05, 4.69) is 21.2 Å². The van der Waals surface area contributed by atoms with Gasteiger partial charge in [-0.05, 0) is 61.0 Å². The Hall–Kier alpha value is -2.99. The van der Waals surface area contributed by atoms with Crippen LogP contribution in [0.25, 0.3) is 0 Å². The van der Waals surface area contributed by atoms with Crippen LogP contribution in [0.5, 0.6) is 0 Å². The van der Waals surface area contributed by atoms with Gasteiger partial charge in [-0.25, -0.2) is 0 Å². The molecular weight excluding hydrogens is 408 g/mol. The van der Waals surface area contributed by atoms with Gasteiger partial charge in [0.2, 0.25) is 0 Å². The molecule has 1 N–H and O–H groups in total. The van der Waals surface area contributed by atoms with Crippen molar-refractivity contribution in [2.24, 2.45) is 0 Å². The number of benzene rings is 2. The minimum absolute atomic E-state index is 0.0493. The number of Topliss-reactive ketones (excluding diaryl/α,β-unsaturated/α-hetero) is 1. The maximum absolute atomic E-state index is 12.7. The first-order chi connectivity index (χ1) is 12.9. The predicted octanol–water partition coefficient (Wildman–Crippen LogP) is 4.11. The molecule has 0 atom stereocenters. The summed E-state index contributed by atoms with van der Waals surface area (Å²) in [7, 11) is 0. The first kappa shape index (κ1) is 18.8. The zero-order chi connectivity index (χ0) is 19.4. The van der Waals surface area contributed by atoms with Gasteiger partial charge < -0.3 is 9.88 Å². The summed E-state index contributed by atoms with van der Waals surface area (Å²) in [5.41, 5.74) is 1.73. The highest BCUT2D eigenvalue weighted by Gasteiger charge is 2.13. The van der Waals surface area contributed by atoms with Crippen molar-refractivity contribution >= 4 is 33.3 Å². The van der Waals surface area contributed by atoms with Gasteiger partial charge in [-0.1, -0.05) is 28.1 Å². The number of anilines is 1. The van der Waals surface area contributed by atoms with Gasteiger partial charge in [0.05, 0.1) is 6.54 Å². The Morgan fingerprint density at radius 2 is 1.67 bits per heavy atom. The van der Waals surface area contributed by atoms with Gasteiger partial charge >= 0.3 is 0 Å². The van der Waals surface area contributed by atoms with Crippen LogP contribution in [0.4, 0.5) is 5.69 Å². The molecule has 0 aliphatic rings. The Morgan fingerprint density at radius 3 is 2.30 bits per heavy atom. The minimum atomic E-state index is -0.485. The zero-order valence-corrected chi connectivity index (χ0v) is 16.2. The molecule has 0 saturated carbocycles. The van der Waals surface area contributed by atoms with Crippen LogP contribution < -0.4 is 10.9 Å². The number of halogens is 1. The van der Waals surface area contributed by atoms with E-state index in [1.807, 2.05) is 24.3 Å². The van der Waals surface area contributed by atoms with Crippen LogP contribution in [0.3, 0.4) is 0 Å². The lowest BCUT2D eigenvalue weighted by Gasteiger charge is -2.09. The molecule has 2 aromatic carbocycles. The Morgan fingerprint density at radius 1 is 1.00 bits per heavy atom. The normalized spacial score (nSPS) is 10.4. The Balaban J connectivity index is 1.80. The van der Waals surface area contributed by atoms with Crippen LogP contribution in [0, 0.1) is 0 Å². The summed E-state index contributed by atoms with van der Waals surface area (Å²) in [5, 5.41) is 2.69. The number of rotatable bonds is 5. The van der Waals surface area contributed by atoms with Gasteiger partial charge in [-0.2, -0.15) is 0 Å². The van der Waals surface area contributed by atoms with Crippen LogP contribution in [-0.2, 0) is 6.54 Å². The third-order valence-corrected chi connectivity index (χ3v) is 4.61. The lowest BCUT2D eigenvalue weighted by molar-refractivity contribution is 0.101. The van der Waals surface area contributed by atoms with E-state index >= 15 is 0 Å². The first-order valence-corrected chi connectivity index (χ1v) is 9.09. The van der Waals surface area contributed by atoms with Crippen molar-refractivity contribution in [2.45, 2.75) is 13.5 Å². The summed E-state index contributed by atoms with van der Waals surface area (Å²) in [6.45, 7) is 1.85. The monoisotopic (exact) mass is 424 g/mol. The Kier molecular flexibility index (Phi) is 5.66. The van der Waals surface area contributed by atoms with Gasteiger partial charge in [0.15, 0.2) is 5.78 Å². The quantitative estimate of drug-likeness (QED) is 0.626. The van der Waals surface area contributed by atoms with Crippen LogP contribution in [0.15, 0.2) is 76.1 Å². The first-order valence-electron chi connectivity index (χ1n) is 8.30. The summed E-state index contributed by atoms with van der Waals surface area (Å²) in [5.74, 6) is -0.535. The second-order valence-corrected chi connectivity index (χ2v) is 6.98. The van der Waals surface area contributed by atoms with Crippen molar-refractivity contribution in [3.05, 3.63) is 98.4 Å². The van der Waals surface area contributed by atoms with Gasteiger partial charge in [0, 0.05) is 21.9 Å². The molecule has 3 rings (SSSR count). The average molecular weight is 425 g/mol. The van der Waals surface area contributed by atoms with E-state index in [4.69, 9.17) is 0 Å². The number of pyridine rings is 1. The van der Waals surface area contributed by atoms with Gasteiger partial charge in [-0.3, -0.25) is 14.4 Å². The Bertz CT molecular complexity index is 1040. The molecule has 0 radical (unpaired) electrons. The molecule has 0 aliphatic heterocycles. The maximum Gasteiger partial charge on any atom is 0.263 e. The zero-order valence-electron chi connectivity index (χ0n) is 14.6. The topological polar surface area (TPSA) is 68.2 Å². The lowest BCUT2D eigenvalue weighted by Crippen LogP contribution is -2.29. The molecule has 1 amide bonds. The van der Waals surface area contributed by atoms with E-state index in [0.29, 0.717) is 17.8 Å². The smallest absolute Gasteiger partial charge is 0.263 e. The lowest BCUT2D eigenvalue weighted by atomic mass is 10.1. The highest BCUT2D eigenvalue weighted by atomic mass is 79.9. The van der Waals surface area contributed by atoms with Gasteiger partial charge in [0.1, 0.15) is 5.56 Å². The number of carbonyl (C=O) groups is 2. The molecule has 0 aliphatic carbocycles. The van der Waals surface area contributed by atoms with E-state index in [-0.39, 0.29) is 16.9 Å². The molecule has 0 bridgehead atoms. The molecule has 0 unspecified atom stereocenters. The molecule has 6 heteroatoms. The van der Waals surface area contributed by atoms with Crippen molar-refractivity contribution < 1.29 is 9.59 Å². The molecule has 5 nitrogen and oxygen atoms in total. The van der Waals surface area contributed by atoms with E-state index in [1.165, 1.54) is 17.6 Å². The van der Waals surface area contributed by atoms with Gasteiger partial charge in [-0.15, -0.1) is 0 Å². The molecule has 27 heavy (non-hydrogen) atoms. The molecule has 0 saturated heterocycles. The van der Waals surface area contributed by atoms with Crippen molar-refractivity contribution in [1.82, 2.24) is 4.57 Å². The molecule has 1 aromatic heterocycles. The largest absolute Gasteiger partial charge is 0.322 e. The SMILES string of the molecule is CC(=O)c1ccc(NC(=O)c2cccn(Cc3ccc(Br)cc3)c2=O)cc1. The number of hydrogen-bond acceptors (Lipinski definition) is 3. The summed E-state index contributed by atoms with van der Waals surface area (Å²) < 4.78 is 2.46. The fourth-order valence-electron chi connectivity index (χ4n) is 2.61. The fourth-order valence-corrected chi connectivity index (χ4v) is 2.87. The van der Waals surface area contributed by atoms with Gasteiger partial charge in [0.25, 0.3) is 11.5 Å². The summed E-state index contributed by atoms with van der Waals surface area (Å²) in [6.07, 6.45) is 1.66. The van der Waals surface area contributed by atoms with Crippen LogP contribution in [0.1, 0.15) is 33.2 Å². The molecule has 3 aromatic rings. The van der Waals surface area contributed by atoms with Crippen molar-refractivity contribution in [3.63, 3.8) is 0 Å². The molecule has 1 heterocycles. The predicted molar refractivity (Wildman–Crippen MR) is 108 cm³/mol. The van der Waals surface area contributed by atoms with Crippen LogP contribution in [0.2, 0.25) is 0 Å². The van der Waals surface area contributed by atoms with Crippen molar-refractivity contribution in [3.8, 4) is 0 Å². The molecule has 0 fully saturated rings. The molecule has 0 spiro atoms. The number of carbonyl (C=O) groups excluding carboxylic acids is 2. The van der Waals surface area contributed by atoms with E-state index in [0.717, 1.165) is 10.0 Å². The number of aromatic nitrogens is 1. The van der Waals surface area contributed by atoms with E-state index in [1.54, 1.807) is 36.5 Å². The summed E-state index contributed by atoms with van der Waals surface area (Å²) in [4.78, 5) is 36.5. The minimum Gasteiger partial charge on any atom is -0.322 e. The van der Waals surface area contributed by atoms with E-state index < -0.39 is 5.91 Å². The second-order valence-electron chi connectivity index (χ2n) is 6.07. The van der Waals surface area contributed by atoms with Crippen molar-refractivity contribution in [2.75, 3.05) is 5.32 Å².